The van der Waals surface area contributed by atoms with E-state index in [1.807, 2.05) is 0 Å². The van der Waals surface area contributed by atoms with Crippen LogP contribution in [0.2, 0.25) is 0 Å². The molecule has 1 amide bonds. The van der Waals surface area contributed by atoms with Crippen LogP contribution in [0.15, 0.2) is 37.2 Å². The number of carbonyl (C=O) groups is 1. The maximum Gasteiger partial charge on any atom is 0.478 e. The Kier molecular flexibility index (Phi) is 13.1. The Morgan fingerprint density at radius 3 is 2.37 bits per heavy atom. The van der Waals surface area contributed by atoms with Crippen LogP contribution in [0.3, 0.4) is 0 Å². The average molecular weight is 783 g/mol. The molecule has 5 heterocycles. The van der Waals surface area contributed by atoms with E-state index in [4.69, 9.17) is 20.9 Å². The molecule has 1 radical (unpaired) electrons. The van der Waals surface area contributed by atoms with E-state index in [0.717, 1.165) is 17.2 Å². The average Bonchev–Trinajstić information content (AvgIpc) is 3.64. The molecule has 2 saturated heterocycles. The van der Waals surface area contributed by atoms with Gasteiger partial charge in [-0.2, -0.15) is 4.57 Å². The minimum Gasteiger partial charge on any atom is -0.756 e. The van der Waals surface area contributed by atoms with Gasteiger partial charge in [-0.25, -0.2) is 28.4 Å². The number of imidazole rings is 1. The normalized spacial score (nSPS) is 29.7. The number of nitrogen functional groups attached to an aromatic ring is 1. The zero-order valence-corrected chi connectivity index (χ0v) is 30.7. The molecule has 0 bridgehead atoms. The number of hydrogen-bond donors (Lipinski definition) is 8. The van der Waals surface area contributed by atoms with Gasteiger partial charge in [0.25, 0.3) is 20.0 Å². The predicted molar refractivity (Wildman–Crippen MR) is 154 cm³/mol. The molecule has 28 heteroatoms. The van der Waals surface area contributed by atoms with E-state index in [-0.39, 0.29) is 73.9 Å². The SMILES string of the molecule is NC(=O)c1ccc[n+]([C@@H]2O[C@H](COP(=O)([O-])OP(=O)(O)OC[C@H]3O[C@@H](n4cnc5c(N)ncnc54)[C@H](OP(=O)(O)O)[C@@H]3O)[C@@H](O)[C@H]2O)c1.[K]. The summed E-state index contributed by atoms with van der Waals surface area (Å²) in [5.41, 5.74) is 11.1. The molecule has 0 saturated carbocycles. The Bertz CT molecular complexity index is 1820. The van der Waals surface area contributed by atoms with Crippen molar-refractivity contribution in [3.05, 3.63) is 42.7 Å². The van der Waals surface area contributed by atoms with Gasteiger partial charge >= 0.3 is 15.6 Å². The van der Waals surface area contributed by atoms with Gasteiger partial charge < -0.3 is 60.4 Å². The number of nitrogens with two attached hydrogens (primary N) is 2. The zero-order chi connectivity index (χ0) is 35.2. The molecule has 0 aromatic carbocycles. The summed E-state index contributed by atoms with van der Waals surface area (Å²) >= 11 is 0. The number of ether oxygens (including phenoxy) is 2. The van der Waals surface area contributed by atoms with Gasteiger partial charge in [0.1, 0.15) is 47.9 Å². The number of aliphatic hydroxyl groups excluding tert-OH is 3. The van der Waals surface area contributed by atoms with Crippen molar-refractivity contribution >= 4 is 97.7 Å². The Balaban J connectivity index is 0.00000541. The number of hydrogen-bond acceptors (Lipinski definition) is 18. The predicted octanol–water partition coefficient (Wildman–Crippen LogP) is -3.91. The summed E-state index contributed by atoms with van der Waals surface area (Å²) in [6.45, 7) is -2.12. The molecule has 24 nitrogen and oxygen atoms in total. The topological polar surface area (TPSA) is 368 Å². The number of carbonyl (C=O) groups excluding carboxylic acids is 1. The number of primary amides is 1. The number of aromatic nitrogens is 5. The van der Waals surface area contributed by atoms with E-state index in [1.54, 1.807) is 0 Å². The quantitative estimate of drug-likeness (QED) is 0.0466. The molecule has 5 rings (SSSR count). The van der Waals surface area contributed by atoms with Crippen LogP contribution in [0.4, 0.5) is 5.82 Å². The molecule has 10 N–H and O–H groups in total. The fraction of sp³-hybridized carbons (Fsp3) is 0.476. The van der Waals surface area contributed by atoms with Gasteiger partial charge in [0.05, 0.1) is 19.5 Å². The minimum atomic E-state index is -5.72. The number of aliphatic hydroxyl groups is 3. The first-order valence-corrected chi connectivity index (χ1v) is 17.8. The second kappa shape index (κ2) is 15.8. The van der Waals surface area contributed by atoms with Crippen LogP contribution in [0.1, 0.15) is 22.8 Å². The van der Waals surface area contributed by atoms with Crippen molar-refractivity contribution in [2.75, 3.05) is 18.9 Å². The van der Waals surface area contributed by atoms with Crippen LogP contribution in [0, 0.1) is 0 Å². The molecular formula is C21H28KN7O17P3. The molecule has 2 fully saturated rings. The molecule has 0 aliphatic carbocycles. The molecular weight excluding hydrogens is 754 g/mol. The first-order valence-electron chi connectivity index (χ1n) is 13.3. The Hall–Kier alpha value is -1.22. The van der Waals surface area contributed by atoms with Crippen molar-refractivity contribution in [3.8, 4) is 0 Å². The fourth-order valence-corrected chi connectivity index (χ4v) is 7.42. The van der Waals surface area contributed by atoms with Gasteiger partial charge in [0, 0.05) is 57.5 Å². The Labute approximate surface area is 316 Å². The van der Waals surface area contributed by atoms with E-state index >= 15 is 0 Å². The summed E-state index contributed by atoms with van der Waals surface area (Å²) in [4.78, 5) is 64.4. The Morgan fingerprint density at radius 1 is 1.02 bits per heavy atom. The molecule has 0 spiro atoms. The maximum atomic E-state index is 12.5. The summed E-state index contributed by atoms with van der Waals surface area (Å²) in [7, 11) is -16.6. The standard InChI is InChI=1S/C21H28N7O17P3.K/c22-17-12-19(25-7-24-17)28(8-26-12)21-16(44-46(33,34)35)14(30)11(43-21)6-41-48(38,39)45-47(36,37)40-5-10-13(29)15(31)20(42-10)27-3-1-2-9(4-27)18(23)32;/h1-4,7-8,10-11,13-16,20-21,29-31H,5-6H2,(H7-,22,23,24,25,32,33,34,35,36,37,38,39);/t10-,11-,13-,14-,15-,16-,20-,21-;/m1./s1. The van der Waals surface area contributed by atoms with E-state index in [9.17, 15) is 53.4 Å². The fourth-order valence-electron chi connectivity index (χ4n) is 4.82. The number of phosphoric acid groups is 3. The smallest absolute Gasteiger partial charge is 0.478 e. The number of phosphoric ester groups is 3. The van der Waals surface area contributed by atoms with Crippen molar-refractivity contribution in [2.45, 2.75) is 49.1 Å². The number of nitrogens with zero attached hydrogens (tertiary/aromatic N) is 5. The number of anilines is 1. The molecule has 2 aliphatic heterocycles. The number of pyridine rings is 1. The monoisotopic (exact) mass is 782 g/mol. The Morgan fingerprint density at radius 2 is 1.69 bits per heavy atom. The third-order valence-corrected chi connectivity index (χ3v) is 10.1. The van der Waals surface area contributed by atoms with Crippen molar-refractivity contribution in [3.63, 3.8) is 0 Å². The van der Waals surface area contributed by atoms with E-state index in [1.165, 1.54) is 29.1 Å². The van der Waals surface area contributed by atoms with Crippen molar-refractivity contribution < 1.29 is 85.3 Å². The first-order chi connectivity index (χ1) is 22.4. The van der Waals surface area contributed by atoms with Crippen LogP contribution in [-0.4, -0.2) is 157 Å². The maximum absolute atomic E-state index is 12.5. The first kappa shape index (κ1) is 40.5. The minimum absolute atomic E-state index is 0. The summed E-state index contributed by atoms with van der Waals surface area (Å²) in [6, 6.07) is 2.77. The molecule has 3 aromatic rings. The van der Waals surface area contributed by atoms with Gasteiger partial charge in [-0.05, 0) is 6.07 Å². The summed E-state index contributed by atoms with van der Waals surface area (Å²) in [6.07, 6.45) is -8.59. The molecule has 10 atom stereocenters. The third-order valence-electron chi connectivity index (χ3n) is 6.97. The van der Waals surface area contributed by atoms with Gasteiger partial charge in [-0.3, -0.25) is 23.0 Å². The molecule has 49 heavy (non-hydrogen) atoms. The van der Waals surface area contributed by atoms with Crippen LogP contribution < -0.4 is 20.9 Å². The van der Waals surface area contributed by atoms with Crippen molar-refractivity contribution in [2.24, 2.45) is 5.73 Å². The molecule has 2 unspecified atom stereocenters. The van der Waals surface area contributed by atoms with Crippen molar-refractivity contribution in [1.29, 1.82) is 0 Å². The van der Waals surface area contributed by atoms with Gasteiger partial charge in [0.2, 0.25) is 0 Å². The van der Waals surface area contributed by atoms with Gasteiger partial charge in [-0.15, -0.1) is 0 Å². The molecule has 265 valence electrons. The zero-order valence-electron chi connectivity index (χ0n) is 24.9. The third kappa shape index (κ3) is 9.61. The van der Waals surface area contributed by atoms with Crippen LogP contribution in [0.5, 0.6) is 0 Å². The van der Waals surface area contributed by atoms with E-state index in [0.29, 0.717) is 0 Å². The summed E-state index contributed by atoms with van der Waals surface area (Å²) in [5, 5.41) is 31.5. The van der Waals surface area contributed by atoms with Gasteiger partial charge in [0.15, 0.2) is 36.2 Å². The number of rotatable bonds is 13. The second-order valence-electron chi connectivity index (χ2n) is 10.2. The summed E-state index contributed by atoms with van der Waals surface area (Å²) in [5.74, 6) is -0.862. The van der Waals surface area contributed by atoms with Crippen molar-refractivity contribution in [1.82, 2.24) is 19.5 Å². The van der Waals surface area contributed by atoms with E-state index < -0.39 is 91.7 Å². The van der Waals surface area contributed by atoms with Gasteiger partial charge in [-0.1, -0.05) is 0 Å². The largest absolute Gasteiger partial charge is 0.756 e. The number of amides is 1. The van der Waals surface area contributed by atoms with Crippen LogP contribution >= 0.6 is 23.5 Å². The van der Waals surface area contributed by atoms with Crippen LogP contribution in [0.25, 0.3) is 11.2 Å². The molecule has 3 aromatic heterocycles. The summed E-state index contributed by atoms with van der Waals surface area (Å²) < 4.78 is 67.9. The van der Waals surface area contributed by atoms with Crippen LogP contribution in [-0.2, 0) is 41.1 Å². The number of fused-ring (bicyclic) bond motifs is 1. The molecule has 2 aliphatic rings. The van der Waals surface area contributed by atoms with E-state index in [2.05, 4.69) is 32.8 Å². The second-order valence-corrected chi connectivity index (χ2v) is 14.4.